The second-order valence-corrected chi connectivity index (χ2v) is 6.34. The zero-order valence-corrected chi connectivity index (χ0v) is 18.4. The van der Waals surface area contributed by atoms with Gasteiger partial charge in [0.05, 0.1) is 25.4 Å². The number of halogens is 1. The number of nitrogens with one attached hydrogen (secondary N) is 2. The quantitative estimate of drug-likeness (QED) is 0.352. The minimum atomic E-state index is 0. The van der Waals surface area contributed by atoms with E-state index in [1.54, 1.807) is 6.20 Å². The highest BCUT2D eigenvalue weighted by Gasteiger charge is 2.02. The number of aromatic nitrogens is 2. The molecule has 0 radical (unpaired) electrons. The lowest BCUT2D eigenvalue weighted by Crippen LogP contribution is -2.37. The van der Waals surface area contributed by atoms with Crippen LogP contribution in [0.3, 0.4) is 0 Å². The Morgan fingerprint density at radius 1 is 1.19 bits per heavy atom. The molecule has 0 spiro atoms. The molecular weight excluding hydrogens is 441 g/mol. The van der Waals surface area contributed by atoms with E-state index < -0.39 is 0 Å². The maximum absolute atomic E-state index is 5.71. The van der Waals surface area contributed by atoms with Crippen LogP contribution in [0, 0.1) is 5.92 Å². The van der Waals surface area contributed by atoms with Gasteiger partial charge in [-0.25, -0.2) is 4.99 Å². The second-order valence-electron chi connectivity index (χ2n) is 6.34. The van der Waals surface area contributed by atoms with E-state index in [1.165, 1.54) is 0 Å². The SMILES string of the molecule is CCNC(=NCc1ccc(OCC(C)C)cc1)NCc1ccnn1C.I. The lowest BCUT2D eigenvalue weighted by molar-refractivity contribution is 0.271. The van der Waals surface area contributed by atoms with E-state index in [1.807, 2.05) is 29.9 Å². The molecule has 0 saturated carbocycles. The van der Waals surface area contributed by atoms with Crippen molar-refractivity contribution in [1.29, 1.82) is 0 Å². The Morgan fingerprint density at radius 2 is 1.92 bits per heavy atom. The molecule has 2 aromatic rings. The van der Waals surface area contributed by atoms with E-state index in [-0.39, 0.29) is 24.0 Å². The number of aliphatic imine (C=N–C) groups is 1. The van der Waals surface area contributed by atoms with Crippen LogP contribution in [0.5, 0.6) is 5.75 Å². The highest BCUT2D eigenvalue weighted by Crippen LogP contribution is 2.13. The van der Waals surface area contributed by atoms with Crippen LogP contribution in [0.1, 0.15) is 32.0 Å². The Morgan fingerprint density at radius 3 is 2.50 bits per heavy atom. The summed E-state index contributed by atoms with van der Waals surface area (Å²) in [4.78, 5) is 4.64. The zero-order valence-electron chi connectivity index (χ0n) is 16.0. The largest absolute Gasteiger partial charge is 0.493 e. The van der Waals surface area contributed by atoms with E-state index in [2.05, 4.69) is 53.6 Å². The molecule has 2 rings (SSSR count). The molecular formula is C19H30IN5O. The molecule has 1 aromatic carbocycles. The zero-order chi connectivity index (χ0) is 18.1. The predicted octanol–water partition coefficient (Wildman–Crippen LogP) is 3.33. The summed E-state index contributed by atoms with van der Waals surface area (Å²) in [6.07, 6.45) is 1.80. The standard InChI is InChI=1S/C19H29N5O.HI/c1-5-20-19(22-13-17-10-11-23-24(17)4)21-12-16-6-8-18(9-7-16)25-14-15(2)3;/h6-11,15H,5,12-14H2,1-4H3,(H2,20,21,22);1H. The fourth-order valence-electron chi connectivity index (χ4n) is 2.22. The topological polar surface area (TPSA) is 63.5 Å². The van der Waals surface area contributed by atoms with Gasteiger partial charge in [-0.15, -0.1) is 24.0 Å². The molecule has 0 bridgehead atoms. The Hall–Kier alpha value is -1.77. The summed E-state index contributed by atoms with van der Waals surface area (Å²) in [5.41, 5.74) is 2.26. The summed E-state index contributed by atoms with van der Waals surface area (Å²) >= 11 is 0. The molecule has 0 fully saturated rings. The fraction of sp³-hybridized carbons (Fsp3) is 0.474. The number of benzene rings is 1. The van der Waals surface area contributed by atoms with Gasteiger partial charge < -0.3 is 15.4 Å². The summed E-state index contributed by atoms with van der Waals surface area (Å²) in [5, 5.41) is 10.8. The maximum Gasteiger partial charge on any atom is 0.191 e. The summed E-state index contributed by atoms with van der Waals surface area (Å²) in [5.74, 6) is 2.23. The lowest BCUT2D eigenvalue weighted by atomic mass is 10.2. The van der Waals surface area contributed by atoms with E-state index >= 15 is 0 Å². The van der Waals surface area contributed by atoms with Gasteiger partial charge in [0.1, 0.15) is 5.75 Å². The minimum absolute atomic E-state index is 0. The first kappa shape index (κ1) is 22.3. The first-order valence-electron chi connectivity index (χ1n) is 8.79. The summed E-state index contributed by atoms with van der Waals surface area (Å²) in [7, 11) is 1.93. The highest BCUT2D eigenvalue weighted by atomic mass is 127. The third-order valence-corrected chi connectivity index (χ3v) is 3.63. The van der Waals surface area contributed by atoms with Gasteiger partial charge >= 0.3 is 0 Å². The predicted molar refractivity (Wildman–Crippen MR) is 117 cm³/mol. The number of nitrogens with zero attached hydrogens (tertiary/aromatic N) is 3. The van der Waals surface area contributed by atoms with Crippen LogP contribution in [-0.2, 0) is 20.1 Å². The van der Waals surface area contributed by atoms with E-state index in [4.69, 9.17) is 4.74 Å². The molecule has 1 heterocycles. The number of guanidine groups is 1. The Bertz CT molecular complexity index is 667. The molecule has 0 aliphatic rings. The number of ether oxygens (including phenoxy) is 1. The van der Waals surface area contributed by atoms with Gasteiger partial charge in [0.2, 0.25) is 0 Å². The molecule has 2 N–H and O–H groups in total. The van der Waals surface area contributed by atoms with E-state index in [9.17, 15) is 0 Å². The molecule has 1 aromatic heterocycles. The molecule has 26 heavy (non-hydrogen) atoms. The molecule has 6 nitrogen and oxygen atoms in total. The van der Waals surface area contributed by atoms with Gasteiger partial charge in [-0.1, -0.05) is 26.0 Å². The van der Waals surface area contributed by atoms with Gasteiger partial charge in [-0.05, 0) is 36.6 Å². The van der Waals surface area contributed by atoms with Crippen LogP contribution in [0.15, 0.2) is 41.5 Å². The van der Waals surface area contributed by atoms with Crippen LogP contribution in [0.4, 0.5) is 0 Å². The molecule has 0 unspecified atom stereocenters. The Labute approximate surface area is 173 Å². The number of aryl methyl sites for hydroxylation is 1. The monoisotopic (exact) mass is 471 g/mol. The normalized spacial score (nSPS) is 11.2. The minimum Gasteiger partial charge on any atom is -0.493 e. The van der Waals surface area contributed by atoms with Gasteiger partial charge in [0.15, 0.2) is 5.96 Å². The van der Waals surface area contributed by atoms with Crippen molar-refractivity contribution < 1.29 is 4.74 Å². The van der Waals surface area contributed by atoms with Gasteiger partial charge in [-0.3, -0.25) is 4.68 Å². The van der Waals surface area contributed by atoms with Gasteiger partial charge in [-0.2, -0.15) is 5.10 Å². The van der Waals surface area contributed by atoms with Crippen molar-refractivity contribution in [2.45, 2.75) is 33.9 Å². The van der Waals surface area contributed by atoms with Crippen molar-refractivity contribution in [2.24, 2.45) is 18.0 Å². The molecule has 0 aliphatic heterocycles. The molecule has 0 aliphatic carbocycles. The van der Waals surface area contributed by atoms with Crippen molar-refractivity contribution in [1.82, 2.24) is 20.4 Å². The maximum atomic E-state index is 5.71. The second kappa shape index (κ2) is 11.8. The highest BCUT2D eigenvalue weighted by molar-refractivity contribution is 14.0. The Kier molecular flexibility index (Phi) is 10.1. The van der Waals surface area contributed by atoms with Gasteiger partial charge in [0, 0.05) is 19.8 Å². The third-order valence-electron chi connectivity index (χ3n) is 3.63. The van der Waals surface area contributed by atoms with E-state index in [0.717, 1.165) is 36.1 Å². The van der Waals surface area contributed by atoms with Crippen molar-refractivity contribution >= 4 is 29.9 Å². The van der Waals surface area contributed by atoms with Crippen LogP contribution < -0.4 is 15.4 Å². The molecule has 7 heteroatoms. The van der Waals surface area contributed by atoms with E-state index in [0.29, 0.717) is 19.0 Å². The number of hydrogen-bond donors (Lipinski definition) is 2. The van der Waals surface area contributed by atoms with Crippen molar-refractivity contribution in [2.75, 3.05) is 13.2 Å². The molecule has 0 atom stereocenters. The molecule has 144 valence electrons. The summed E-state index contributed by atoms with van der Waals surface area (Å²) in [6.45, 7) is 9.20. The van der Waals surface area contributed by atoms with Gasteiger partial charge in [0.25, 0.3) is 0 Å². The molecule has 0 saturated heterocycles. The number of rotatable bonds is 8. The average molecular weight is 471 g/mol. The summed E-state index contributed by atoms with van der Waals surface area (Å²) in [6, 6.07) is 10.1. The van der Waals surface area contributed by atoms with Crippen LogP contribution >= 0.6 is 24.0 Å². The van der Waals surface area contributed by atoms with Crippen LogP contribution in [-0.4, -0.2) is 28.9 Å². The first-order valence-corrected chi connectivity index (χ1v) is 8.79. The third kappa shape index (κ3) is 7.63. The fourth-order valence-corrected chi connectivity index (χ4v) is 2.22. The van der Waals surface area contributed by atoms with Crippen molar-refractivity contribution in [3.05, 3.63) is 47.8 Å². The lowest BCUT2D eigenvalue weighted by Gasteiger charge is -2.12. The van der Waals surface area contributed by atoms with Crippen molar-refractivity contribution in [3.63, 3.8) is 0 Å². The molecule has 0 amide bonds. The van der Waals surface area contributed by atoms with Crippen molar-refractivity contribution in [3.8, 4) is 5.75 Å². The Balaban J connectivity index is 0.00000338. The average Bonchev–Trinajstić information content (AvgIpc) is 3.01. The first-order chi connectivity index (χ1) is 12.1. The van der Waals surface area contributed by atoms with Crippen LogP contribution in [0.25, 0.3) is 0 Å². The smallest absolute Gasteiger partial charge is 0.191 e. The summed E-state index contributed by atoms with van der Waals surface area (Å²) < 4.78 is 7.56. The number of hydrogen-bond acceptors (Lipinski definition) is 3. The van der Waals surface area contributed by atoms with Crippen LogP contribution in [0.2, 0.25) is 0 Å².